The number of likely N-dealkylation sites (tertiary alicyclic amines) is 1. The van der Waals surface area contributed by atoms with Gasteiger partial charge in [-0.05, 0) is 25.5 Å². The average molecular weight is 261 g/mol. The quantitative estimate of drug-likeness (QED) is 0.878. The summed E-state index contributed by atoms with van der Waals surface area (Å²) in [6.45, 7) is 3.61. The maximum absolute atomic E-state index is 11.8. The smallest absolute Gasteiger partial charge is 0.227 e. The summed E-state index contributed by atoms with van der Waals surface area (Å²) in [4.78, 5) is 16.1. The van der Waals surface area contributed by atoms with Gasteiger partial charge in [0.15, 0.2) is 0 Å². The Kier molecular flexibility index (Phi) is 4.77. The zero-order valence-electron chi connectivity index (χ0n) is 9.31. The molecule has 2 rings (SSSR count). The molecular weight excluding hydrogens is 244 g/mol. The minimum Gasteiger partial charge on any atom is -0.341 e. The topological polar surface area (TPSA) is 46.3 Å². The normalized spacial score (nSPS) is 19.6. The third-order valence-electron chi connectivity index (χ3n) is 2.70. The molecule has 0 spiro atoms. The van der Waals surface area contributed by atoms with Crippen LogP contribution < -0.4 is 5.73 Å². The predicted molar refractivity (Wildman–Crippen MR) is 69.2 cm³/mol. The molecule has 1 atom stereocenters. The molecule has 1 saturated heterocycles. The van der Waals surface area contributed by atoms with E-state index in [1.807, 2.05) is 11.0 Å². The van der Waals surface area contributed by atoms with Gasteiger partial charge in [-0.3, -0.25) is 4.79 Å². The van der Waals surface area contributed by atoms with Gasteiger partial charge in [0.05, 0.1) is 6.42 Å². The van der Waals surface area contributed by atoms with Crippen molar-refractivity contribution in [3.8, 4) is 0 Å². The molecule has 1 fully saturated rings. The summed E-state index contributed by atoms with van der Waals surface area (Å²) in [5.74, 6) is 0.213. The van der Waals surface area contributed by atoms with Crippen LogP contribution in [-0.2, 0) is 11.2 Å². The van der Waals surface area contributed by atoms with E-state index in [2.05, 4.69) is 13.0 Å². The number of amides is 1. The maximum Gasteiger partial charge on any atom is 0.227 e. The van der Waals surface area contributed by atoms with Gasteiger partial charge >= 0.3 is 0 Å². The lowest BCUT2D eigenvalue weighted by molar-refractivity contribution is -0.129. The summed E-state index contributed by atoms with van der Waals surface area (Å²) in [6.07, 6.45) is 1.47. The minimum absolute atomic E-state index is 0. The Morgan fingerprint density at radius 1 is 1.62 bits per heavy atom. The molecule has 5 heteroatoms. The van der Waals surface area contributed by atoms with Crippen molar-refractivity contribution in [3.05, 3.63) is 21.9 Å². The van der Waals surface area contributed by atoms with Crippen molar-refractivity contribution in [2.24, 2.45) is 5.73 Å². The number of nitrogens with zero attached hydrogens (tertiary/aromatic N) is 1. The lowest BCUT2D eigenvalue weighted by Crippen LogP contribution is -2.32. The molecule has 16 heavy (non-hydrogen) atoms. The van der Waals surface area contributed by atoms with Crippen LogP contribution in [0.25, 0.3) is 0 Å². The van der Waals surface area contributed by atoms with Crippen LogP contribution >= 0.6 is 23.7 Å². The molecule has 0 aromatic carbocycles. The van der Waals surface area contributed by atoms with E-state index in [9.17, 15) is 4.79 Å². The molecule has 1 aromatic rings. The number of carbonyl (C=O) groups excluding carboxylic acids is 1. The number of halogens is 1. The molecule has 0 bridgehead atoms. The lowest BCUT2D eigenvalue weighted by Gasteiger charge is -2.14. The van der Waals surface area contributed by atoms with Crippen LogP contribution in [-0.4, -0.2) is 29.9 Å². The molecule has 1 aliphatic rings. The van der Waals surface area contributed by atoms with Gasteiger partial charge < -0.3 is 10.6 Å². The molecule has 0 unspecified atom stereocenters. The van der Waals surface area contributed by atoms with Crippen LogP contribution in [0.4, 0.5) is 0 Å². The number of nitrogens with two attached hydrogens (primary N) is 1. The fourth-order valence-corrected chi connectivity index (χ4v) is 2.74. The fourth-order valence-electron chi connectivity index (χ4n) is 1.85. The molecule has 2 heterocycles. The monoisotopic (exact) mass is 260 g/mol. The predicted octanol–water partition coefficient (Wildman–Crippen LogP) is 1.58. The Balaban J connectivity index is 0.00000128. The van der Waals surface area contributed by atoms with Crippen molar-refractivity contribution in [1.29, 1.82) is 0 Å². The second kappa shape index (κ2) is 5.66. The third-order valence-corrected chi connectivity index (χ3v) is 3.70. The van der Waals surface area contributed by atoms with E-state index < -0.39 is 0 Å². The highest BCUT2D eigenvalue weighted by molar-refractivity contribution is 7.12. The van der Waals surface area contributed by atoms with Crippen molar-refractivity contribution < 1.29 is 4.79 Å². The van der Waals surface area contributed by atoms with Gasteiger partial charge in [-0.15, -0.1) is 23.7 Å². The van der Waals surface area contributed by atoms with Gasteiger partial charge in [-0.1, -0.05) is 0 Å². The Labute approximate surface area is 106 Å². The summed E-state index contributed by atoms with van der Waals surface area (Å²) in [7, 11) is 0. The highest BCUT2D eigenvalue weighted by Gasteiger charge is 2.23. The third kappa shape index (κ3) is 3.20. The summed E-state index contributed by atoms with van der Waals surface area (Å²) in [5.41, 5.74) is 5.77. The Morgan fingerprint density at radius 2 is 2.38 bits per heavy atom. The van der Waals surface area contributed by atoms with E-state index in [4.69, 9.17) is 5.73 Å². The van der Waals surface area contributed by atoms with Crippen LogP contribution in [0.3, 0.4) is 0 Å². The van der Waals surface area contributed by atoms with Gasteiger partial charge in [-0.2, -0.15) is 0 Å². The first-order valence-electron chi connectivity index (χ1n) is 5.24. The SMILES string of the molecule is Cc1ccc(CC(=O)N2CC[C@@H](N)C2)s1.Cl. The highest BCUT2D eigenvalue weighted by Crippen LogP contribution is 2.17. The molecule has 3 nitrogen and oxygen atoms in total. The summed E-state index contributed by atoms with van der Waals surface area (Å²) < 4.78 is 0. The van der Waals surface area contributed by atoms with Crippen molar-refractivity contribution in [1.82, 2.24) is 4.90 Å². The highest BCUT2D eigenvalue weighted by atomic mass is 35.5. The summed E-state index contributed by atoms with van der Waals surface area (Å²) >= 11 is 1.70. The van der Waals surface area contributed by atoms with Crippen LogP contribution in [0.1, 0.15) is 16.2 Å². The largest absolute Gasteiger partial charge is 0.341 e. The maximum atomic E-state index is 11.8. The second-order valence-electron chi connectivity index (χ2n) is 4.08. The van der Waals surface area contributed by atoms with Crippen molar-refractivity contribution in [2.75, 3.05) is 13.1 Å². The van der Waals surface area contributed by atoms with Crippen molar-refractivity contribution in [3.63, 3.8) is 0 Å². The molecule has 2 N–H and O–H groups in total. The van der Waals surface area contributed by atoms with Crippen LogP contribution in [0, 0.1) is 6.92 Å². The van der Waals surface area contributed by atoms with Crippen LogP contribution in [0.2, 0.25) is 0 Å². The van der Waals surface area contributed by atoms with Gasteiger partial charge in [0.1, 0.15) is 0 Å². The summed E-state index contributed by atoms with van der Waals surface area (Å²) in [5, 5.41) is 0. The first-order chi connectivity index (χ1) is 7.15. The number of carbonyl (C=O) groups is 1. The van der Waals surface area contributed by atoms with Gasteiger partial charge in [0.2, 0.25) is 5.91 Å². The Hall–Kier alpha value is -0.580. The van der Waals surface area contributed by atoms with Crippen molar-refractivity contribution >= 4 is 29.7 Å². The molecule has 0 saturated carbocycles. The number of thiophene rings is 1. The Bertz CT molecular complexity index is 367. The number of rotatable bonds is 2. The molecule has 0 radical (unpaired) electrons. The van der Waals surface area contributed by atoms with E-state index in [1.165, 1.54) is 4.88 Å². The zero-order chi connectivity index (χ0) is 10.8. The van der Waals surface area contributed by atoms with Crippen LogP contribution in [0.15, 0.2) is 12.1 Å². The first-order valence-corrected chi connectivity index (χ1v) is 6.05. The van der Waals surface area contributed by atoms with E-state index in [0.717, 1.165) is 24.4 Å². The molecule has 90 valence electrons. The average Bonchev–Trinajstić information content (AvgIpc) is 2.75. The zero-order valence-corrected chi connectivity index (χ0v) is 10.9. The summed E-state index contributed by atoms with van der Waals surface area (Å²) in [6, 6.07) is 4.27. The van der Waals surface area contributed by atoms with Gasteiger partial charge in [0.25, 0.3) is 0 Å². The van der Waals surface area contributed by atoms with E-state index in [0.29, 0.717) is 6.42 Å². The molecular formula is C11H17ClN2OS. The van der Waals surface area contributed by atoms with Crippen molar-refractivity contribution in [2.45, 2.75) is 25.8 Å². The number of hydrogen-bond donors (Lipinski definition) is 1. The number of aryl methyl sites for hydroxylation is 1. The van der Waals surface area contributed by atoms with E-state index >= 15 is 0 Å². The minimum atomic E-state index is 0. The Morgan fingerprint density at radius 3 is 2.88 bits per heavy atom. The van der Waals surface area contributed by atoms with Gasteiger partial charge in [-0.25, -0.2) is 0 Å². The van der Waals surface area contributed by atoms with E-state index in [1.54, 1.807) is 11.3 Å². The fraction of sp³-hybridized carbons (Fsp3) is 0.545. The van der Waals surface area contributed by atoms with E-state index in [-0.39, 0.29) is 24.4 Å². The molecule has 0 aliphatic carbocycles. The first kappa shape index (κ1) is 13.5. The van der Waals surface area contributed by atoms with Crippen LogP contribution in [0.5, 0.6) is 0 Å². The van der Waals surface area contributed by atoms with Gasteiger partial charge in [0, 0.05) is 28.9 Å². The standard InChI is InChI=1S/C11H16N2OS.ClH/c1-8-2-3-10(15-8)6-11(14)13-5-4-9(12)7-13;/h2-3,9H,4-7,12H2,1H3;1H/t9-;/m1./s1. The molecule has 1 aromatic heterocycles. The second-order valence-corrected chi connectivity index (χ2v) is 5.45. The number of hydrogen-bond acceptors (Lipinski definition) is 3. The molecule has 1 aliphatic heterocycles. The molecule has 1 amide bonds. The lowest BCUT2D eigenvalue weighted by atomic mass is 10.3.